The summed E-state index contributed by atoms with van der Waals surface area (Å²) in [7, 11) is 0. The Balaban J connectivity index is 1.96. The average Bonchev–Trinajstić information content (AvgIpc) is 2.27. The van der Waals surface area contributed by atoms with Gasteiger partial charge < -0.3 is 18.9 Å². The third-order valence-corrected chi connectivity index (χ3v) is 2.31. The topological polar surface area (TPSA) is 54.0 Å². The molecule has 5 heteroatoms. The van der Waals surface area contributed by atoms with Crippen LogP contribution in [0.25, 0.3) is 0 Å². The first-order valence-electron chi connectivity index (χ1n) is 6.50. The van der Waals surface area contributed by atoms with E-state index in [-0.39, 0.29) is 18.9 Å². The fraction of sp³-hybridized carbons (Fsp3) is 0.923. The Labute approximate surface area is 109 Å². The second kappa shape index (κ2) is 7.71. The van der Waals surface area contributed by atoms with Crippen LogP contribution in [0.3, 0.4) is 0 Å². The second-order valence-corrected chi connectivity index (χ2v) is 5.31. The first kappa shape index (κ1) is 15.4. The van der Waals surface area contributed by atoms with Crippen molar-refractivity contribution in [3.8, 4) is 0 Å². The van der Waals surface area contributed by atoms with Crippen molar-refractivity contribution >= 4 is 5.97 Å². The van der Waals surface area contributed by atoms with Crippen LogP contribution in [0, 0.1) is 0 Å². The lowest BCUT2D eigenvalue weighted by Crippen LogP contribution is -2.27. The summed E-state index contributed by atoms with van der Waals surface area (Å²) in [5, 5.41) is 0. The Hall–Kier alpha value is -0.650. The highest BCUT2D eigenvalue weighted by Crippen LogP contribution is 2.13. The van der Waals surface area contributed by atoms with E-state index in [1.54, 1.807) is 0 Å². The van der Waals surface area contributed by atoms with E-state index in [0.29, 0.717) is 13.2 Å². The molecule has 106 valence electrons. The number of carbonyl (C=O) groups is 1. The summed E-state index contributed by atoms with van der Waals surface area (Å²) >= 11 is 0. The molecule has 0 saturated carbocycles. The zero-order chi connectivity index (χ0) is 13.4. The van der Waals surface area contributed by atoms with Gasteiger partial charge in [0, 0.05) is 6.61 Å². The molecule has 1 heterocycles. The number of hydrogen-bond donors (Lipinski definition) is 0. The van der Waals surface area contributed by atoms with E-state index < -0.39 is 5.60 Å². The molecule has 1 fully saturated rings. The predicted octanol–water partition coefficient (Wildman–Crippen LogP) is 1.89. The minimum absolute atomic E-state index is 0.0356. The van der Waals surface area contributed by atoms with Gasteiger partial charge in [-0.1, -0.05) is 0 Å². The van der Waals surface area contributed by atoms with Crippen molar-refractivity contribution in [2.75, 3.05) is 26.4 Å². The highest BCUT2D eigenvalue weighted by molar-refractivity contribution is 5.71. The largest absolute Gasteiger partial charge is 0.458 e. The molecule has 0 spiro atoms. The van der Waals surface area contributed by atoms with Crippen molar-refractivity contribution < 1.29 is 23.7 Å². The lowest BCUT2D eigenvalue weighted by Gasteiger charge is -2.22. The molecule has 0 aliphatic carbocycles. The van der Waals surface area contributed by atoms with Crippen molar-refractivity contribution in [3.63, 3.8) is 0 Å². The van der Waals surface area contributed by atoms with E-state index in [9.17, 15) is 4.79 Å². The van der Waals surface area contributed by atoms with Crippen LogP contribution in [0.2, 0.25) is 0 Å². The van der Waals surface area contributed by atoms with Crippen molar-refractivity contribution in [2.45, 2.75) is 51.9 Å². The van der Waals surface area contributed by atoms with Gasteiger partial charge in [-0.3, -0.25) is 0 Å². The van der Waals surface area contributed by atoms with Gasteiger partial charge in [0.2, 0.25) is 0 Å². The Morgan fingerprint density at radius 2 is 2.06 bits per heavy atom. The molecule has 0 aromatic heterocycles. The molecule has 1 saturated heterocycles. The summed E-state index contributed by atoms with van der Waals surface area (Å²) in [5.41, 5.74) is -0.465. The minimum atomic E-state index is -0.465. The summed E-state index contributed by atoms with van der Waals surface area (Å²) in [6, 6.07) is 0. The molecule has 1 aliphatic heterocycles. The Kier molecular flexibility index (Phi) is 6.60. The van der Waals surface area contributed by atoms with Crippen LogP contribution in [0.1, 0.15) is 40.0 Å². The summed E-state index contributed by atoms with van der Waals surface area (Å²) in [6.45, 7) is 7.03. The smallest absolute Gasteiger partial charge is 0.332 e. The van der Waals surface area contributed by atoms with Gasteiger partial charge in [-0.15, -0.1) is 0 Å². The van der Waals surface area contributed by atoms with E-state index >= 15 is 0 Å². The molecule has 1 aliphatic rings. The first-order chi connectivity index (χ1) is 8.47. The molecular weight excluding hydrogens is 236 g/mol. The zero-order valence-electron chi connectivity index (χ0n) is 11.6. The summed E-state index contributed by atoms with van der Waals surface area (Å²) < 4.78 is 21.2. The van der Waals surface area contributed by atoms with Crippen LogP contribution in [-0.4, -0.2) is 44.3 Å². The molecule has 0 aromatic rings. The van der Waals surface area contributed by atoms with Crippen LogP contribution >= 0.6 is 0 Å². The van der Waals surface area contributed by atoms with Gasteiger partial charge in [0.1, 0.15) is 12.2 Å². The molecule has 0 amide bonds. The van der Waals surface area contributed by atoms with Crippen molar-refractivity contribution in [2.24, 2.45) is 0 Å². The van der Waals surface area contributed by atoms with Crippen LogP contribution in [0.4, 0.5) is 0 Å². The lowest BCUT2D eigenvalue weighted by molar-refractivity contribution is -0.173. The van der Waals surface area contributed by atoms with Gasteiger partial charge in [0.15, 0.2) is 6.29 Å². The minimum Gasteiger partial charge on any atom is -0.458 e. The highest BCUT2D eigenvalue weighted by Gasteiger charge is 2.16. The zero-order valence-corrected chi connectivity index (χ0v) is 11.6. The summed E-state index contributed by atoms with van der Waals surface area (Å²) in [5.74, 6) is -0.351. The van der Waals surface area contributed by atoms with Gasteiger partial charge in [-0.25, -0.2) is 4.79 Å². The molecular formula is C13H24O5. The maximum atomic E-state index is 11.3. The SMILES string of the molecule is CC(C)(C)OC(=O)COCCOC1CCCCO1. The number of rotatable bonds is 6. The third kappa shape index (κ3) is 7.63. The van der Waals surface area contributed by atoms with E-state index in [2.05, 4.69) is 0 Å². The maximum absolute atomic E-state index is 11.3. The Morgan fingerprint density at radius 3 is 2.67 bits per heavy atom. The molecule has 5 nitrogen and oxygen atoms in total. The normalized spacial score (nSPS) is 20.7. The molecule has 18 heavy (non-hydrogen) atoms. The number of carbonyl (C=O) groups excluding carboxylic acids is 1. The van der Waals surface area contributed by atoms with Gasteiger partial charge in [-0.2, -0.15) is 0 Å². The fourth-order valence-electron chi connectivity index (χ4n) is 1.61. The van der Waals surface area contributed by atoms with Crippen molar-refractivity contribution in [1.82, 2.24) is 0 Å². The molecule has 0 bridgehead atoms. The van der Waals surface area contributed by atoms with E-state index in [1.807, 2.05) is 20.8 Å². The lowest BCUT2D eigenvalue weighted by atomic mass is 10.2. The van der Waals surface area contributed by atoms with Crippen LogP contribution in [0.5, 0.6) is 0 Å². The van der Waals surface area contributed by atoms with Crippen LogP contribution in [-0.2, 0) is 23.7 Å². The Bertz CT molecular complexity index is 240. The van der Waals surface area contributed by atoms with Gasteiger partial charge in [-0.05, 0) is 40.0 Å². The van der Waals surface area contributed by atoms with E-state index in [0.717, 1.165) is 25.9 Å². The Morgan fingerprint density at radius 1 is 1.28 bits per heavy atom. The summed E-state index contributed by atoms with van der Waals surface area (Å²) in [6.07, 6.45) is 3.08. The van der Waals surface area contributed by atoms with Gasteiger partial charge in [0.25, 0.3) is 0 Å². The quantitative estimate of drug-likeness (QED) is 0.539. The molecule has 1 unspecified atom stereocenters. The van der Waals surface area contributed by atoms with Gasteiger partial charge >= 0.3 is 5.97 Å². The fourth-order valence-corrected chi connectivity index (χ4v) is 1.61. The number of hydrogen-bond acceptors (Lipinski definition) is 5. The third-order valence-electron chi connectivity index (χ3n) is 2.31. The van der Waals surface area contributed by atoms with E-state index in [1.165, 1.54) is 0 Å². The number of ether oxygens (including phenoxy) is 4. The van der Waals surface area contributed by atoms with Crippen molar-refractivity contribution in [3.05, 3.63) is 0 Å². The predicted molar refractivity (Wildman–Crippen MR) is 66.2 cm³/mol. The highest BCUT2D eigenvalue weighted by atomic mass is 16.7. The average molecular weight is 260 g/mol. The molecule has 1 atom stereocenters. The molecule has 1 rings (SSSR count). The van der Waals surface area contributed by atoms with Crippen LogP contribution < -0.4 is 0 Å². The molecule has 0 aromatic carbocycles. The maximum Gasteiger partial charge on any atom is 0.332 e. The van der Waals surface area contributed by atoms with E-state index in [4.69, 9.17) is 18.9 Å². The monoisotopic (exact) mass is 260 g/mol. The molecule has 0 radical (unpaired) electrons. The standard InChI is InChI=1S/C13H24O5/c1-13(2,3)18-11(14)10-15-8-9-17-12-6-4-5-7-16-12/h12H,4-10H2,1-3H3. The van der Waals surface area contributed by atoms with Crippen molar-refractivity contribution in [1.29, 1.82) is 0 Å². The molecule has 0 N–H and O–H groups in total. The summed E-state index contributed by atoms with van der Waals surface area (Å²) in [4.78, 5) is 11.3. The van der Waals surface area contributed by atoms with Crippen LogP contribution in [0.15, 0.2) is 0 Å². The number of esters is 1. The first-order valence-corrected chi connectivity index (χ1v) is 6.50. The van der Waals surface area contributed by atoms with Gasteiger partial charge in [0.05, 0.1) is 13.2 Å². The second-order valence-electron chi connectivity index (χ2n) is 5.31.